The topological polar surface area (TPSA) is 84.5 Å². The molecule has 140 valence electrons. The van der Waals surface area contributed by atoms with Crippen molar-refractivity contribution in [3.63, 3.8) is 0 Å². The van der Waals surface area contributed by atoms with Crippen molar-refractivity contribution in [3.05, 3.63) is 54.1 Å². The second-order valence-corrected chi connectivity index (χ2v) is 8.64. The molecule has 2 aromatic rings. The van der Waals surface area contributed by atoms with Crippen LogP contribution in [0.5, 0.6) is 5.75 Å². The Bertz CT molecular complexity index is 852. The predicted molar refractivity (Wildman–Crippen MR) is 102 cm³/mol. The Morgan fingerprint density at radius 2 is 1.58 bits per heavy atom. The molecule has 0 atom stereocenters. The minimum absolute atomic E-state index is 0.0243. The Hall–Kier alpha value is -2.38. The van der Waals surface area contributed by atoms with Gasteiger partial charge in [0.2, 0.25) is 15.9 Å². The molecular formula is C19H24N2O4S. The van der Waals surface area contributed by atoms with Crippen molar-refractivity contribution in [3.8, 4) is 5.75 Å². The fourth-order valence-electron chi connectivity index (χ4n) is 2.26. The number of anilines is 1. The summed E-state index contributed by atoms with van der Waals surface area (Å²) in [6.45, 7) is 5.97. The Morgan fingerprint density at radius 1 is 1.00 bits per heavy atom. The van der Waals surface area contributed by atoms with E-state index in [9.17, 15) is 13.2 Å². The summed E-state index contributed by atoms with van der Waals surface area (Å²) in [7, 11) is -2.26. The van der Waals surface area contributed by atoms with Crippen LogP contribution in [0.25, 0.3) is 0 Å². The SMILES string of the molecule is COc1ccc(S(=O)(=O)NCC(=O)Nc2ccc(C(C)(C)C)cc2)cc1. The first kappa shape index (κ1) is 19.9. The molecule has 0 aliphatic carbocycles. The summed E-state index contributed by atoms with van der Waals surface area (Å²) in [5.74, 6) is 0.117. The van der Waals surface area contributed by atoms with Crippen LogP contribution in [0.1, 0.15) is 26.3 Å². The van der Waals surface area contributed by atoms with Gasteiger partial charge in [0.25, 0.3) is 0 Å². The largest absolute Gasteiger partial charge is 0.497 e. The number of hydrogen-bond donors (Lipinski definition) is 2. The fourth-order valence-corrected chi connectivity index (χ4v) is 3.24. The number of methoxy groups -OCH3 is 1. The Labute approximate surface area is 154 Å². The predicted octanol–water partition coefficient (Wildman–Crippen LogP) is 2.91. The number of carbonyl (C=O) groups excluding carboxylic acids is 1. The van der Waals surface area contributed by atoms with Crippen LogP contribution < -0.4 is 14.8 Å². The van der Waals surface area contributed by atoms with Crippen molar-refractivity contribution in [1.29, 1.82) is 0 Å². The van der Waals surface area contributed by atoms with Crippen molar-refractivity contribution in [2.24, 2.45) is 0 Å². The highest BCUT2D eigenvalue weighted by molar-refractivity contribution is 7.89. The molecule has 0 aliphatic heterocycles. The summed E-state index contributed by atoms with van der Waals surface area (Å²) >= 11 is 0. The molecule has 0 aromatic heterocycles. The van der Waals surface area contributed by atoms with Gasteiger partial charge >= 0.3 is 0 Å². The molecule has 6 nitrogen and oxygen atoms in total. The lowest BCUT2D eigenvalue weighted by atomic mass is 9.87. The lowest BCUT2D eigenvalue weighted by Crippen LogP contribution is -2.32. The zero-order chi connectivity index (χ0) is 19.4. The van der Waals surface area contributed by atoms with Gasteiger partial charge in [0, 0.05) is 5.69 Å². The maximum atomic E-state index is 12.2. The number of sulfonamides is 1. The highest BCUT2D eigenvalue weighted by Crippen LogP contribution is 2.23. The lowest BCUT2D eigenvalue weighted by Gasteiger charge is -2.19. The molecule has 0 aliphatic rings. The number of benzene rings is 2. The number of ether oxygens (including phenoxy) is 1. The Balaban J connectivity index is 1.95. The van der Waals surface area contributed by atoms with E-state index in [1.54, 1.807) is 24.3 Å². The van der Waals surface area contributed by atoms with Crippen molar-refractivity contribution in [1.82, 2.24) is 4.72 Å². The molecule has 2 aromatic carbocycles. The second-order valence-electron chi connectivity index (χ2n) is 6.88. The van der Waals surface area contributed by atoms with Gasteiger partial charge in [-0.1, -0.05) is 32.9 Å². The third kappa shape index (κ3) is 5.31. The summed E-state index contributed by atoms with van der Waals surface area (Å²) in [5.41, 5.74) is 1.79. The number of nitrogens with one attached hydrogen (secondary N) is 2. The number of amides is 1. The summed E-state index contributed by atoms with van der Waals surface area (Å²) in [6.07, 6.45) is 0. The third-order valence-corrected chi connectivity index (χ3v) is 5.24. The summed E-state index contributed by atoms with van der Waals surface area (Å²) in [4.78, 5) is 12.1. The third-order valence-electron chi connectivity index (χ3n) is 3.83. The standard InChI is InChI=1S/C19H24N2O4S/c1-19(2,3)14-5-7-15(8-6-14)21-18(22)13-20-26(23,24)17-11-9-16(25-4)10-12-17/h5-12,20H,13H2,1-4H3,(H,21,22). The van der Waals surface area contributed by atoms with Crippen molar-refractivity contribution < 1.29 is 17.9 Å². The van der Waals surface area contributed by atoms with Gasteiger partial charge in [-0.2, -0.15) is 0 Å². The van der Waals surface area contributed by atoms with Gasteiger partial charge < -0.3 is 10.1 Å². The van der Waals surface area contributed by atoms with Crippen LogP contribution >= 0.6 is 0 Å². The monoisotopic (exact) mass is 376 g/mol. The van der Waals surface area contributed by atoms with Crippen LogP contribution in [0.3, 0.4) is 0 Å². The van der Waals surface area contributed by atoms with Crippen LogP contribution in [-0.2, 0) is 20.2 Å². The van der Waals surface area contributed by atoms with E-state index in [1.807, 2.05) is 12.1 Å². The lowest BCUT2D eigenvalue weighted by molar-refractivity contribution is -0.115. The summed E-state index contributed by atoms with van der Waals surface area (Å²) in [6, 6.07) is 13.4. The van der Waals surface area contributed by atoms with E-state index in [2.05, 4.69) is 30.8 Å². The number of rotatable bonds is 6. The Morgan fingerprint density at radius 3 is 2.08 bits per heavy atom. The van der Waals surface area contributed by atoms with Gasteiger partial charge in [0.15, 0.2) is 0 Å². The van der Waals surface area contributed by atoms with Gasteiger partial charge in [-0.05, 0) is 47.4 Å². The molecule has 0 spiro atoms. The van der Waals surface area contributed by atoms with E-state index >= 15 is 0 Å². The average Bonchev–Trinajstić information content (AvgIpc) is 2.60. The van der Waals surface area contributed by atoms with Gasteiger partial charge in [-0.25, -0.2) is 13.1 Å². The van der Waals surface area contributed by atoms with Crippen LogP contribution in [-0.4, -0.2) is 28.0 Å². The first-order valence-electron chi connectivity index (χ1n) is 8.16. The second kappa shape index (κ2) is 7.88. The molecule has 0 saturated heterocycles. The minimum Gasteiger partial charge on any atom is -0.497 e. The van der Waals surface area contributed by atoms with Gasteiger partial charge in [0.1, 0.15) is 5.75 Å². The molecule has 0 radical (unpaired) electrons. The van der Waals surface area contributed by atoms with Crippen LogP contribution in [0.2, 0.25) is 0 Å². The molecule has 0 bridgehead atoms. The quantitative estimate of drug-likeness (QED) is 0.812. The summed E-state index contributed by atoms with van der Waals surface area (Å²) in [5, 5.41) is 2.68. The van der Waals surface area contributed by atoms with Crippen LogP contribution in [0.15, 0.2) is 53.4 Å². The van der Waals surface area contributed by atoms with E-state index in [4.69, 9.17) is 4.74 Å². The number of carbonyl (C=O) groups is 1. The van der Waals surface area contributed by atoms with E-state index in [-0.39, 0.29) is 16.9 Å². The molecule has 0 saturated carbocycles. The first-order valence-corrected chi connectivity index (χ1v) is 9.64. The van der Waals surface area contributed by atoms with E-state index in [1.165, 1.54) is 19.2 Å². The van der Waals surface area contributed by atoms with E-state index in [0.29, 0.717) is 11.4 Å². The van der Waals surface area contributed by atoms with Crippen molar-refractivity contribution in [2.45, 2.75) is 31.1 Å². The van der Waals surface area contributed by atoms with Crippen molar-refractivity contribution in [2.75, 3.05) is 19.0 Å². The van der Waals surface area contributed by atoms with Crippen LogP contribution in [0.4, 0.5) is 5.69 Å². The van der Waals surface area contributed by atoms with Gasteiger partial charge in [-0.15, -0.1) is 0 Å². The average molecular weight is 376 g/mol. The maximum Gasteiger partial charge on any atom is 0.241 e. The first-order chi connectivity index (χ1) is 12.1. The zero-order valence-electron chi connectivity index (χ0n) is 15.4. The molecule has 26 heavy (non-hydrogen) atoms. The van der Waals surface area contributed by atoms with Crippen LogP contribution in [0, 0.1) is 0 Å². The molecule has 1 amide bonds. The number of hydrogen-bond acceptors (Lipinski definition) is 4. The molecule has 2 rings (SSSR count). The zero-order valence-corrected chi connectivity index (χ0v) is 16.2. The molecule has 0 fully saturated rings. The smallest absolute Gasteiger partial charge is 0.241 e. The normalized spacial score (nSPS) is 11.8. The molecule has 2 N–H and O–H groups in total. The Kier molecular flexibility index (Phi) is 6.05. The maximum absolute atomic E-state index is 12.2. The minimum atomic E-state index is -3.77. The van der Waals surface area contributed by atoms with E-state index < -0.39 is 15.9 Å². The van der Waals surface area contributed by atoms with Crippen molar-refractivity contribution >= 4 is 21.6 Å². The molecule has 0 unspecified atom stereocenters. The van der Waals surface area contributed by atoms with Gasteiger partial charge in [-0.3, -0.25) is 4.79 Å². The highest BCUT2D eigenvalue weighted by Gasteiger charge is 2.16. The molecule has 7 heteroatoms. The van der Waals surface area contributed by atoms with E-state index in [0.717, 1.165) is 5.56 Å². The van der Waals surface area contributed by atoms with Gasteiger partial charge in [0.05, 0.1) is 18.6 Å². The summed E-state index contributed by atoms with van der Waals surface area (Å²) < 4.78 is 31.7. The fraction of sp³-hybridized carbons (Fsp3) is 0.316. The highest BCUT2D eigenvalue weighted by atomic mass is 32.2. The molecule has 0 heterocycles. The molecular weight excluding hydrogens is 352 g/mol.